The maximum atomic E-state index is 14.3. The summed E-state index contributed by atoms with van der Waals surface area (Å²) in [6.07, 6.45) is 4.99. The lowest BCUT2D eigenvalue weighted by molar-refractivity contribution is -0.0658. The first kappa shape index (κ1) is 27.5. The van der Waals surface area contributed by atoms with Crippen LogP contribution in [0.1, 0.15) is 48.2 Å². The average molecular weight is 565 g/mol. The third kappa shape index (κ3) is 5.24. The van der Waals surface area contributed by atoms with Gasteiger partial charge in [-0.05, 0) is 71.0 Å². The minimum atomic E-state index is -0.833. The van der Waals surface area contributed by atoms with Crippen LogP contribution < -0.4 is 0 Å². The lowest BCUT2D eigenvalue weighted by Crippen LogP contribution is -2.55. The van der Waals surface area contributed by atoms with Crippen molar-refractivity contribution in [1.29, 1.82) is 0 Å². The second-order valence-electron chi connectivity index (χ2n) is 11.0. The Labute approximate surface area is 241 Å². The fourth-order valence-corrected chi connectivity index (χ4v) is 7.08. The number of pyridine rings is 1. The summed E-state index contributed by atoms with van der Waals surface area (Å²) in [4.78, 5) is 28.5. The SMILES string of the molecule is CCC1CN2CCC1CC2[C@H](OC(=O)c1c2ccccc2cc2ccccc12)c1ccnc2ccccc12.O=PO. The number of hydrogen-bond donors (Lipinski definition) is 1. The number of piperidine rings is 3. The van der Waals surface area contributed by atoms with Gasteiger partial charge in [0.2, 0.25) is 0 Å². The Kier molecular flexibility index (Phi) is 8.06. The van der Waals surface area contributed by atoms with Crippen molar-refractivity contribution in [1.82, 2.24) is 9.88 Å². The molecule has 6 nitrogen and oxygen atoms in total. The minimum absolute atomic E-state index is 0.160. The topological polar surface area (TPSA) is 79.7 Å². The Morgan fingerprint density at radius 2 is 1.63 bits per heavy atom. The Bertz CT molecular complexity index is 1660. The van der Waals surface area contributed by atoms with E-state index >= 15 is 0 Å². The first-order valence-corrected chi connectivity index (χ1v) is 15.0. The van der Waals surface area contributed by atoms with Gasteiger partial charge in [-0.25, -0.2) is 9.36 Å². The summed E-state index contributed by atoms with van der Waals surface area (Å²) in [5.74, 6) is 1.16. The number of para-hydroxylation sites is 1. The number of fused-ring (bicyclic) bond motifs is 6. The summed E-state index contributed by atoms with van der Waals surface area (Å²) in [5, 5.41) is 5.04. The Morgan fingerprint density at radius 1 is 1.00 bits per heavy atom. The molecule has 1 N–H and O–H groups in total. The molecule has 0 spiro atoms. The van der Waals surface area contributed by atoms with Crippen LogP contribution in [0.2, 0.25) is 0 Å². The van der Waals surface area contributed by atoms with Crippen molar-refractivity contribution in [3.8, 4) is 0 Å². The van der Waals surface area contributed by atoms with E-state index in [9.17, 15) is 4.79 Å². The van der Waals surface area contributed by atoms with E-state index in [0.29, 0.717) is 11.5 Å². The lowest BCUT2D eigenvalue weighted by atomic mass is 9.72. The molecule has 4 unspecified atom stereocenters. The standard InChI is InChI=1S/C34H32N2O2.HO2P/c1-2-22-21-36-18-16-23(22)20-31(36)33(29-15-17-35-30-14-8-7-13-28(29)30)38-34(37)32-26-11-5-3-9-24(26)19-25-10-4-6-12-27(25)32;1-3-2/h3-15,17,19,22-23,31,33H,2,16,18,20-21H2,1H3;(H,1,2)/t22?,23?,31?,33-;/m1./s1. The highest BCUT2D eigenvalue weighted by Gasteiger charge is 2.44. The lowest BCUT2D eigenvalue weighted by Gasteiger charge is -2.51. The maximum absolute atomic E-state index is 14.3. The van der Waals surface area contributed by atoms with Crippen LogP contribution in [0.25, 0.3) is 32.4 Å². The maximum Gasteiger partial charge on any atom is 0.340 e. The van der Waals surface area contributed by atoms with Crippen LogP contribution in [0.3, 0.4) is 0 Å². The highest BCUT2D eigenvalue weighted by atomic mass is 31.1. The predicted molar refractivity (Wildman–Crippen MR) is 163 cm³/mol. The molecule has 0 amide bonds. The van der Waals surface area contributed by atoms with Crippen LogP contribution in [-0.4, -0.2) is 39.9 Å². The molecule has 3 saturated heterocycles. The molecular weight excluding hydrogens is 531 g/mol. The van der Waals surface area contributed by atoms with Gasteiger partial charge in [-0.1, -0.05) is 80.1 Å². The first-order valence-electron chi connectivity index (χ1n) is 14.3. The van der Waals surface area contributed by atoms with Crippen LogP contribution in [0.15, 0.2) is 91.1 Å². The minimum Gasteiger partial charge on any atom is -0.452 e. The van der Waals surface area contributed by atoms with Gasteiger partial charge >= 0.3 is 14.7 Å². The molecular formula is C34H33N2O4P. The summed E-state index contributed by atoms with van der Waals surface area (Å²) in [5.41, 5.74) is 2.65. The number of benzene rings is 4. The Morgan fingerprint density at radius 3 is 2.27 bits per heavy atom. The number of aromatic nitrogens is 1. The molecule has 2 bridgehead atoms. The van der Waals surface area contributed by atoms with Crippen LogP contribution in [0.5, 0.6) is 0 Å². The van der Waals surface area contributed by atoms with Crippen LogP contribution in [0.4, 0.5) is 0 Å². The van der Waals surface area contributed by atoms with Gasteiger partial charge < -0.3 is 9.63 Å². The average Bonchev–Trinajstić information content (AvgIpc) is 3.02. The van der Waals surface area contributed by atoms with Gasteiger partial charge in [0.05, 0.1) is 17.1 Å². The molecule has 5 atom stereocenters. The van der Waals surface area contributed by atoms with Crippen molar-refractivity contribution in [3.63, 3.8) is 0 Å². The van der Waals surface area contributed by atoms with Gasteiger partial charge in [0.1, 0.15) is 6.10 Å². The molecule has 4 aromatic carbocycles. The smallest absolute Gasteiger partial charge is 0.340 e. The van der Waals surface area contributed by atoms with Crippen molar-refractivity contribution in [2.45, 2.75) is 38.3 Å². The van der Waals surface area contributed by atoms with Crippen LogP contribution >= 0.6 is 8.69 Å². The van der Waals surface area contributed by atoms with Crippen molar-refractivity contribution in [3.05, 3.63) is 102 Å². The Hall–Kier alpha value is -3.70. The zero-order valence-electron chi connectivity index (χ0n) is 23.0. The summed E-state index contributed by atoms with van der Waals surface area (Å²) in [6.45, 7) is 4.46. The number of nitrogens with zero attached hydrogens (tertiary/aromatic N) is 2. The number of ether oxygens (including phenoxy) is 1. The molecule has 4 heterocycles. The number of carbonyl (C=O) groups is 1. The molecule has 7 heteroatoms. The zero-order chi connectivity index (χ0) is 28.3. The van der Waals surface area contributed by atoms with Gasteiger partial charge in [-0.3, -0.25) is 9.88 Å². The molecule has 1 aromatic heterocycles. The van der Waals surface area contributed by atoms with E-state index in [2.05, 4.69) is 47.1 Å². The van der Waals surface area contributed by atoms with Crippen molar-refractivity contribution >= 4 is 47.1 Å². The van der Waals surface area contributed by atoms with Gasteiger partial charge in [-0.15, -0.1) is 0 Å². The van der Waals surface area contributed by atoms with E-state index in [1.165, 1.54) is 12.8 Å². The highest BCUT2D eigenvalue weighted by molar-refractivity contribution is 7.16. The monoisotopic (exact) mass is 564 g/mol. The van der Waals surface area contributed by atoms with E-state index < -0.39 is 8.69 Å². The van der Waals surface area contributed by atoms with Crippen molar-refractivity contribution in [2.75, 3.05) is 13.1 Å². The van der Waals surface area contributed by atoms with E-state index in [0.717, 1.165) is 63.4 Å². The zero-order valence-corrected chi connectivity index (χ0v) is 23.9. The number of esters is 1. The van der Waals surface area contributed by atoms with Gasteiger partial charge in [0.25, 0.3) is 0 Å². The van der Waals surface area contributed by atoms with E-state index in [1.54, 1.807) is 0 Å². The molecule has 5 aromatic rings. The predicted octanol–water partition coefficient (Wildman–Crippen LogP) is 7.75. The fourth-order valence-electron chi connectivity index (χ4n) is 7.08. The third-order valence-electron chi connectivity index (χ3n) is 9.01. The molecule has 3 aliphatic heterocycles. The summed E-state index contributed by atoms with van der Waals surface area (Å²) >= 11 is 0. The van der Waals surface area contributed by atoms with E-state index in [1.807, 2.05) is 60.8 Å². The van der Waals surface area contributed by atoms with Gasteiger partial charge in [0, 0.05) is 23.7 Å². The molecule has 41 heavy (non-hydrogen) atoms. The normalized spacial score (nSPS) is 22.4. The molecule has 3 aliphatic rings. The largest absolute Gasteiger partial charge is 0.452 e. The van der Waals surface area contributed by atoms with Crippen LogP contribution in [0, 0.1) is 11.8 Å². The quantitative estimate of drug-likeness (QED) is 0.134. The van der Waals surface area contributed by atoms with Crippen molar-refractivity contribution < 1.29 is 19.0 Å². The molecule has 8 rings (SSSR count). The summed E-state index contributed by atoms with van der Waals surface area (Å²) in [7, 11) is -0.833. The second kappa shape index (κ2) is 12.0. The highest BCUT2D eigenvalue weighted by Crippen LogP contribution is 2.44. The van der Waals surface area contributed by atoms with Crippen LogP contribution in [-0.2, 0) is 9.30 Å². The Balaban J connectivity index is 0.000000967. The molecule has 0 saturated carbocycles. The summed E-state index contributed by atoms with van der Waals surface area (Å²) in [6, 6.07) is 28.8. The van der Waals surface area contributed by atoms with E-state index in [-0.39, 0.29) is 18.1 Å². The van der Waals surface area contributed by atoms with Crippen molar-refractivity contribution in [2.24, 2.45) is 11.8 Å². The van der Waals surface area contributed by atoms with E-state index in [4.69, 9.17) is 14.2 Å². The summed E-state index contributed by atoms with van der Waals surface area (Å²) < 4.78 is 15.2. The van der Waals surface area contributed by atoms with Gasteiger partial charge in [0.15, 0.2) is 0 Å². The fraction of sp³-hybridized carbons (Fsp3) is 0.294. The number of rotatable bonds is 5. The number of hydrogen-bond acceptors (Lipinski definition) is 5. The molecule has 208 valence electrons. The molecule has 0 radical (unpaired) electrons. The molecule has 3 fully saturated rings. The first-order chi connectivity index (χ1) is 20.1. The third-order valence-corrected chi connectivity index (χ3v) is 9.01. The second-order valence-corrected chi connectivity index (χ2v) is 11.2. The number of carbonyl (C=O) groups excluding carboxylic acids is 1. The van der Waals surface area contributed by atoms with Gasteiger partial charge in [-0.2, -0.15) is 0 Å². The molecule has 0 aliphatic carbocycles.